The molecule has 0 aliphatic heterocycles. The van der Waals surface area contributed by atoms with E-state index in [9.17, 15) is 18.0 Å². The predicted octanol–water partition coefficient (Wildman–Crippen LogP) is 7.33. The molecular weight excluding hydrogens is 425 g/mol. The Labute approximate surface area is 187 Å². The smallest absolute Gasteiger partial charge is 0.322 e. The average molecular weight is 442 g/mol. The van der Waals surface area contributed by atoms with Crippen molar-refractivity contribution in [1.29, 1.82) is 0 Å². The molecule has 0 atom stereocenters. The van der Waals surface area contributed by atoms with Crippen molar-refractivity contribution in [1.82, 2.24) is 4.98 Å². The third kappa shape index (κ3) is 4.03. The van der Waals surface area contributed by atoms with Gasteiger partial charge in [-0.2, -0.15) is 13.2 Å². The van der Waals surface area contributed by atoms with Crippen molar-refractivity contribution in [3.8, 4) is 11.1 Å². The zero-order chi connectivity index (χ0) is 23.0. The second kappa shape index (κ2) is 8.06. The molecular formula is C27H17F3N2O. The van der Waals surface area contributed by atoms with E-state index in [1.807, 2.05) is 54.7 Å². The molecule has 0 unspecified atom stereocenters. The topological polar surface area (TPSA) is 42.0 Å². The lowest BCUT2D eigenvalue weighted by Crippen LogP contribution is -2.13. The van der Waals surface area contributed by atoms with Crippen molar-refractivity contribution < 1.29 is 18.0 Å². The van der Waals surface area contributed by atoms with Gasteiger partial charge in [0.1, 0.15) is 0 Å². The van der Waals surface area contributed by atoms with Gasteiger partial charge in [0.2, 0.25) is 0 Å². The number of hydrogen-bond acceptors (Lipinski definition) is 2. The molecule has 5 rings (SSSR count). The highest BCUT2D eigenvalue weighted by atomic mass is 19.4. The highest BCUT2D eigenvalue weighted by Crippen LogP contribution is 2.32. The monoisotopic (exact) mass is 442 g/mol. The molecule has 0 aliphatic rings. The summed E-state index contributed by atoms with van der Waals surface area (Å²) in [5, 5.41) is 6.46. The lowest BCUT2D eigenvalue weighted by Gasteiger charge is -2.12. The lowest BCUT2D eigenvalue weighted by atomic mass is 9.95. The summed E-state index contributed by atoms with van der Waals surface area (Å²) in [7, 11) is 0. The quantitative estimate of drug-likeness (QED) is 0.318. The Bertz CT molecular complexity index is 1490. The van der Waals surface area contributed by atoms with Gasteiger partial charge >= 0.3 is 6.18 Å². The largest absolute Gasteiger partial charge is 0.416 e. The highest BCUT2D eigenvalue weighted by Gasteiger charge is 2.30. The predicted molar refractivity (Wildman–Crippen MR) is 124 cm³/mol. The van der Waals surface area contributed by atoms with Crippen molar-refractivity contribution in [3.05, 3.63) is 108 Å². The average Bonchev–Trinajstić information content (AvgIpc) is 2.82. The second-order valence-corrected chi connectivity index (χ2v) is 7.67. The number of carbonyl (C=O) groups excluding carboxylic acids is 1. The Morgan fingerprint density at radius 3 is 2.33 bits per heavy atom. The number of halogens is 3. The van der Waals surface area contributed by atoms with Gasteiger partial charge in [-0.25, -0.2) is 0 Å². The zero-order valence-corrected chi connectivity index (χ0v) is 17.2. The van der Waals surface area contributed by atoms with Gasteiger partial charge in [0.15, 0.2) is 0 Å². The van der Waals surface area contributed by atoms with Crippen LogP contribution in [-0.4, -0.2) is 10.9 Å². The fourth-order valence-electron chi connectivity index (χ4n) is 3.96. The molecule has 1 amide bonds. The van der Waals surface area contributed by atoms with Crippen LogP contribution in [0.25, 0.3) is 32.7 Å². The third-order valence-corrected chi connectivity index (χ3v) is 5.59. The van der Waals surface area contributed by atoms with Gasteiger partial charge in [-0.15, -0.1) is 0 Å². The number of hydrogen-bond donors (Lipinski definition) is 1. The van der Waals surface area contributed by atoms with Crippen molar-refractivity contribution >= 4 is 33.1 Å². The molecule has 0 aliphatic carbocycles. The molecule has 0 saturated carbocycles. The summed E-state index contributed by atoms with van der Waals surface area (Å²) in [6.45, 7) is 0. The van der Waals surface area contributed by atoms with E-state index in [1.165, 1.54) is 12.1 Å². The van der Waals surface area contributed by atoms with Gasteiger partial charge in [-0.05, 0) is 69.8 Å². The van der Waals surface area contributed by atoms with Crippen LogP contribution in [0.15, 0.2) is 97.3 Å². The number of benzene rings is 4. The summed E-state index contributed by atoms with van der Waals surface area (Å²) in [5.41, 5.74) is 2.06. The molecule has 0 saturated heterocycles. The molecule has 4 aromatic carbocycles. The molecule has 162 valence electrons. The number of alkyl halides is 3. The van der Waals surface area contributed by atoms with Gasteiger partial charge in [-0.1, -0.05) is 42.5 Å². The van der Waals surface area contributed by atoms with Crippen LogP contribution in [0, 0.1) is 0 Å². The van der Waals surface area contributed by atoms with Gasteiger partial charge in [-0.3, -0.25) is 9.78 Å². The minimum Gasteiger partial charge on any atom is -0.322 e. The van der Waals surface area contributed by atoms with E-state index < -0.39 is 11.7 Å². The number of pyridine rings is 1. The van der Waals surface area contributed by atoms with Crippen molar-refractivity contribution in [2.75, 3.05) is 5.32 Å². The van der Waals surface area contributed by atoms with Gasteiger partial charge in [0.25, 0.3) is 5.91 Å². The van der Waals surface area contributed by atoms with Crippen LogP contribution < -0.4 is 5.32 Å². The molecule has 1 heterocycles. The minimum absolute atomic E-state index is 0.297. The number of nitrogens with one attached hydrogen (secondary N) is 1. The summed E-state index contributed by atoms with van der Waals surface area (Å²) < 4.78 is 38.3. The normalized spacial score (nSPS) is 11.6. The molecule has 1 N–H and O–H groups in total. The Morgan fingerprint density at radius 1 is 0.788 bits per heavy atom. The molecule has 33 heavy (non-hydrogen) atoms. The van der Waals surface area contributed by atoms with Crippen LogP contribution in [0.5, 0.6) is 0 Å². The summed E-state index contributed by atoms with van der Waals surface area (Å²) in [6.07, 6.45) is -0.837. The molecule has 0 bridgehead atoms. The van der Waals surface area contributed by atoms with Crippen LogP contribution in [-0.2, 0) is 6.18 Å². The van der Waals surface area contributed by atoms with E-state index in [2.05, 4.69) is 10.3 Å². The van der Waals surface area contributed by atoms with Gasteiger partial charge in [0.05, 0.1) is 5.56 Å². The van der Waals surface area contributed by atoms with Crippen molar-refractivity contribution in [2.24, 2.45) is 0 Å². The molecule has 3 nitrogen and oxygen atoms in total. The first-order valence-corrected chi connectivity index (χ1v) is 10.2. The van der Waals surface area contributed by atoms with Crippen LogP contribution in [0.3, 0.4) is 0 Å². The Kier molecular flexibility index (Phi) is 5.05. The van der Waals surface area contributed by atoms with Crippen LogP contribution in [0.2, 0.25) is 0 Å². The van der Waals surface area contributed by atoms with E-state index in [0.29, 0.717) is 11.3 Å². The minimum atomic E-state index is -4.42. The maximum Gasteiger partial charge on any atom is 0.416 e. The maximum atomic E-state index is 12.9. The molecule has 0 radical (unpaired) electrons. The summed E-state index contributed by atoms with van der Waals surface area (Å²) in [4.78, 5) is 17.1. The van der Waals surface area contributed by atoms with E-state index in [1.54, 1.807) is 18.3 Å². The first-order chi connectivity index (χ1) is 15.9. The van der Waals surface area contributed by atoms with E-state index >= 15 is 0 Å². The number of nitrogens with zero attached hydrogens (tertiary/aromatic N) is 1. The fraction of sp³-hybridized carbons (Fsp3) is 0.0370. The molecule has 5 aromatic rings. The molecule has 6 heteroatoms. The standard InChI is InChI=1S/C27H17F3N2O/c28-27(29,30)20-8-10-21(11-9-20)32-26(33)25-6-1-3-17-15-18(7-12-23(17)25)22-5-2-4-19-16-31-14-13-24(19)22/h1-16H,(H,32,33). The first-order valence-electron chi connectivity index (χ1n) is 10.2. The van der Waals surface area contributed by atoms with E-state index in [-0.39, 0.29) is 5.91 Å². The lowest BCUT2D eigenvalue weighted by molar-refractivity contribution is -0.137. The Hall–Kier alpha value is -4.19. The SMILES string of the molecule is O=C(Nc1ccc(C(F)(F)F)cc1)c1cccc2cc(-c3cccc4cnccc34)ccc12. The second-order valence-electron chi connectivity index (χ2n) is 7.67. The van der Waals surface area contributed by atoms with Crippen molar-refractivity contribution in [2.45, 2.75) is 6.18 Å². The first kappa shape index (κ1) is 20.7. The number of anilines is 1. The number of amides is 1. The third-order valence-electron chi connectivity index (χ3n) is 5.59. The summed E-state index contributed by atoms with van der Waals surface area (Å²) >= 11 is 0. The van der Waals surface area contributed by atoms with Crippen LogP contribution in [0.1, 0.15) is 15.9 Å². The maximum absolute atomic E-state index is 12.9. The number of rotatable bonds is 3. The molecule has 0 spiro atoms. The Morgan fingerprint density at radius 2 is 1.55 bits per heavy atom. The van der Waals surface area contributed by atoms with Crippen LogP contribution >= 0.6 is 0 Å². The molecule has 0 fully saturated rings. The number of aromatic nitrogens is 1. The van der Waals surface area contributed by atoms with E-state index in [4.69, 9.17) is 0 Å². The molecule has 1 aromatic heterocycles. The van der Waals surface area contributed by atoms with Gasteiger partial charge in [0, 0.05) is 29.0 Å². The number of carbonyl (C=O) groups is 1. The van der Waals surface area contributed by atoms with E-state index in [0.717, 1.165) is 44.8 Å². The van der Waals surface area contributed by atoms with Crippen molar-refractivity contribution in [3.63, 3.8) is 0 Å². The van der Waals surface area contributed by atoms with Crippen LogP contribution in [0.4, 0.5) is 18.9 Å². The number of fused-ring (bicyclic) bond motifs is 2. The van der Waals surface area contributed by atoms with Gasteiger partial charge < -0.3 is 5.32 Å². The summed E-state index contributed by atoms with van der Waals surface area (Å²) in [6, 6.07) is 23.7. The highest BCUT2D eigenvalue weighted by molar-refractivity contribution is 6.13. The zero-order valence-electron chi connectivity index (χ0n) is 17.2. The Balaban J connectivity index is 1.48. The summed E-state index contributed by atoms with van der Waals surface area (Å²) in [5.74, 6) is -0.385. The fourth-order valence-corrected chi connectivity index (χ4v) is 3.96.